The first-order valence-electron chi connectivity index (χ1n) is 5.23. The molecule has 0 aliphatic heterocycles. The third-order valence-electron chi connectivity index (χ3n) is 2.51. The maximum Gasteiger partial charge on any atom is 0.119 e. The first kappa shape index (κ1) is 12.5. The molecule has 1 aromatic carbocycles. The number of rotatable bonds is 5. The molecular weight excluding hydrogens is 254 g/mol. The van der Waals surface area contributed by atoms with Crippen LogP contribution in [0.3, 0.4) is 0 Å². The summed E-state index contributed by atoms with van der Waals surface area (Å²) in [5, 5.41) is 3.46. The van der Waals surface area contributed by atoms with Gasteiger partial charge >= 0.3 is 0 Å². The van der Waals surface area contributed by atoms with Crippen molar-refractivity contribution < 1.29 is 4.74 Å². The van der Waals surface area contributed by atoms with Gasteiger partial charge in [-0.1, -0.05) is 22.9 Å². The average molecular weight is 272 g/mol. The van der Waals surface area contributed by atoms with Gasteiger partial charge in [-0.3, -0.25) is 0 Å². The molecule has 0 fully saturated rings. The summed E-state index contributed by atoms with van der Waals surface area (Å²) in [5.41, 5.74) is 1.23. The molecule has 0 bridgehead atoms. The Kier molecular flexibility index (Phi) is 5.12. The van der Waals surface area contributed by atoms with Gasteiger partial charge in [0.05, 0.1) is 7.11 Å². The number of ether oxygens (including phenoxy) is 1. The normalized spacial score (nSPS) is 12.5. The summed E-state index contributed by atoms with van der Waals surface area (Å²) in [7, 11) is 1.69. The summed E-state index contributed by atoms with van der Waals surface area (Å²) in [6.45, 7) is 5.24. The molecule has 2 nitrogen and oxygen atoms in total. The third-order valence-corrected chi connectivity index (χ3v) is 3.28. The van der Waals surface area contributed by atoms with Crippen molar-refractivity contribution in [2.45, 2.75) is 32.9 Å². The highest BCUT2D eigenvalue weighted by Gasteiger charge is 2.03. The first-order valence-corrected chi connectivity index (χ1v) is 6.02. The SMILES string of the molecule is CCC(C)NCc1cc(OC)ccc1Br. The highest BCUT2D eigenvalue weighted by molar-refractivity contribution is 9.10. The van der Waals surface area contributed by atoms with Gasteiger partial charge in [-0.15, -0.1) is 0 Å². The average Bonchev–Trinajstić information content (AvgIpc) is 2.27. The zero-order valence-corrected chi connectivity index (χ0v) is 11.1. The van der Waals surface area contributed by atoms with E-state index in [2.05, 4.69) is 41.2 Å². The maximum atomic E-state index is 5.19. The molecule has 0 radical (unpaired) electrons. The Balaban J connectivity index is 2.66. The Morgan fingerprint density at radius 1 is 1.47 bits per heavy atom. The fraction of sp³-hybridized carbons (Fsp3) is 0.500. The van der Waals surface area contributed by atoms with Crippen molar-refractivity contribution in [1.29, 1.82) is 0 Å². The fourth-order valence-electron chi connectivity index (χ4n) is 1.24. The smallest absolute Gasteiger partial charge is 0.119 e. The van der Waals surface area contributed by atoms with E-state index in [-0.39, 0.29) is 0 Å². The van der Waals surface area contributed by atoms with Crippen LogP contribution in [0.2, 0.25) is 0 Å². The fourth-order valence-corrected chi connectivity index (χ4v) is 1.63. The van der Waals surface area contributed by atoms with Gasteiger partial charge in [0, 0.05) is 17.1 Å². The van der Waals surface area contributed by atoms with E-state index in [1.807, 2.05) is 12.1 Å². The number of hydrogen-bond acceptors (Lipinski definition) is 2. The second-order valence-corrected chi connectivity index (χ2v) is 4.50. The van der Waals surface area contributed by atoms with Crippen molar-refractivity contribution in [2.24, 2.45) is 0 Å². The van der Waals surface area contributed by atoms with Crippen molar-refractivity contribution in [3.63, 3.8) is 0 Å². The summed E-state index contributed by atoms with van der Waals surface area (Å²) in [6.07, 6.45) is 1.14. The van der Waals surface area contributed by atoms with Crippen LogP contribution in [0.15, 0.2) is 22.7 Å². The molecule has 0 aliphatic carbocycles. The maximum absolute atomic E-state index is 5.19. The molecule has 0 saturated heterocycles. The van der Waals surface area contributed by atoms with Crippen LogP contribution in [0.25, 0.3) is 0 Å². The van der Waals surface area contributed by atoms with E-state index in [0.717, 1.165) is 23.2 Å². The lowest BCUT2D eigenvalue weighted by molar-refractivity contribution is 0.413. The summed E-state index contributed by atoms with van der Waals surface area (Å²) < 4.78 is 6.32. The van der Waals surface area contributed by atoms with Crippen LogP contribution in [0.5, 0.6) is 5.75 Å². The van der Waals surface area contributed by atoms with Crippen LogP contribution in [-0.2, 0) is 6.54 Å². The van der Waals surface area contributed by atoms with Crippen molar-refractivity contribution in [2.75, 3.05) is 7.11 Å². The molecule has 0 spiro atoms. The Bertz CT molecular complexity index is 314. The highest BCUT2D eigenvalue weighted by atomic mass is 79.9. The van der Waals surface area contributed by atoms with E-state index >= 15 is 0 Å². The molecule has 84 valence electrons. The highest BCUT2D eigenvalue weighted by Crippen LogP contribution is 2.22. The number of benzene rings is 1. The van der Waals surface area contributed by atoms with Crippen LogP contribution in [0.4, 0.5) is 0 Å². The van der Waals surface area contributed by atoms with Crippen molar-refractivity contribution in [3.05, 3.63) is 28.2 Å². The number of halogens is 1. The minimum Gasteiger partial charge on any atom is -0.497 e. The lowest BCUT2D eigenvalue weighted by atomic mass is 10.2. The number of hydrogen-bond donors (Lipinski definition) is 1. The van der Waals surface area contributed by atoms with E-state index in [0.29, 0.717) is 6.04 Å². The standard InChI is InChI=1S/C12H18BrNO/c1-4-9(2)14-8-10-7-11(15-3)5-6-12(10)13/h5-7,9,14H,4,8H2,1-3H3. The molecule has 0 heterocycles. The molecular formula is C12H18BrNO. The molecule has 1 rings (SSSR count). The molecule has 3 heteroatoms. The van der Waals surface area contributed by atoms with Gasteiger partial charge in [-0.2, -0.15) is 0 Å². The second-order valence-electron chi connectivity index (χ2n) is 3.65. The molecule has 0 amide bonds. The van der Waals surface area contributed by atoms with Gasteiger partial charge in [-0.25, -0.2) is 0 Å². The Hall–Kier alpha value is -0.540. The lowest BCUT2D eigenvalue weighted by Gasteiger charge is -2.13. The van der Waals surface area contributed by atoms with Gasteiger partial charge in [0.15, 0.2) is 0 Å². The first-order chi connectivity index (χ1) is 7.17. The van der Waals surface area contributed by atoms with E-state index in [4.69, 9.17) is 4.74 Å². The summed E-state index contributed by atoms with van der Waals surface area (Å²) in [4.78, 5) is 0. The quantitative estimate of drug-likeness (QED) is 0.887. The Morgan fingerprint density at radius 3 is 2.80 bits per heavy atom. The molecule has 1 aromatic rings. The van der Waals surface area contributed by atoms with E-state index < -0.39 is 0 Å². The molecule has 0 aromatic heterocycles. The zero-order chi connectivity index (χ0) is 11.3. The van der Waals surface area contributed by atoms with Crippen molar-refractivity contribution in [1.82, 2.24) is 5.32 Å². The Labute approximate surface area is 100 Å². The van der Waals surface area contributed by atoms with Crippen LogP contribution in [0.1, 0.15) is 25.8 Å². The van der Waals surface area contributed by atoms with Gasteiger partial charge in [0.2, 0.25) is 0 Å². The van der Waals surface area contributed by atoms with E-state index in [1.54, 1.807) is 7.11 Å². The van der Waals surface area contributed by atoms with Crippen LogP contribution in [-0.4, -0.2) is 13.2 Å². The van der Waals surface area contributed by atoms with Crippen molar-refractivity contribution in [3.8, 4) is 5.75 Å². The molecule has 0 saturated carbocycles. The molecule has 1 unspecified atom stereocenters. The second kappa shape index (κ2) is 6.13. The lowest BCUT2D eigenvalue weighted by Crippen LogP contribution is -2.24. The van der Waals surface area contributed by atoms with Crippen molar-refractivity contribution >= 4 is 15.9 Å². The minimum absolute atomic E-state index is 0.545. The zero-order valence-electron chi connectivity index (χ0n) is 9.51. The summed E-state index contributed by atoms with van der Waals surface area (Å²) >= 11 is 3.54. The topological polar surface area (TPSA) is 21.3 Å². The third kappa shape index (κ3) is 3.84. The van der Waals surface area contributed by atoms with Crippen LogP contribution >= 0.6 is 15.9 Å². The largest absolute Gasteiger partial charge is 0.497 e. The van der Waals surface area contributed by atoms with Gasteiger partial charge < -0.3 is 10.1 Å². The number of methoxy groups -OCH3 is 1. The van der Waals surface area contributed by atoms with E-state index in [9.17, 15) is 0 Å². The number of nitrogens with one attached hydrogen (secondary N) is 1. The van der Waals surface area contributed by atoms with E-state index in [1.165, 1.54) is 5.56 Å². The van der Waals surface area contributed by atoms with Crippen LogP contribution < -0.4 is 10.1 Å². The van der Waals surface area contributed by atoms with Gasteiger partial charge in [-0.05, 0) is 37.1 Å². The molecule has 1 N–H and O–H groups in total. The van der Waals surface area contributed by atoms with Crippen LogP contribution in [0, 0.1) is 0 Å². The summed E-state index contributed by atoms with van der Waals surface area (Å²) in [5.74, 6) is 0.902. The Morgan fingerprint density at radius 2 is 2.20 bits per heavy atom. The molecule has 15 heavy (non-hydrogen) atoms. The monoisotopic (exact) mass is 271 g/mol. The predicted molar refractivity (Wildman–Crippen MR) is 67.3 cm³/mol. The summed E-state index contributed by atoms with van der Waals surface area (Å²) in [6, 6.07) is 6.58. The predicted octanol–water partition coefficient (Wildman–Crippen LogP) is 3.35. The minimum atomic E-state index is 0.545. The molecule has 1 atom stereocenters. The molecule has 0 aliphatic rings. The van der Waals surface area contributed by atoms with Gasteiger partial charge in [0.25, 0.3) is 0 Å². The van der Waals surface area contributed by atoms with Gasteiger partial charge in [0.1, 0.15) is 5.75 Å².